The van der Waals surface area contributed by atoms with E-state index in [9.17, 15) is 14.9 Å². The van der Waals surface area contributed by atoms with Crippen LogP contribution in [0.3, 0.4) is 0 Å². The van der Waals surface area contributed by atoms with Crippen molar-refractivity contribution in [1.29, 1.82) is 0 Å². The SMILES string of the molecule is Cc1ccc(C=NNC(=O)c2nn(Cc3ccc(Br)cc3)cc2[N+](=O)[O-])o1. The normalized spacial score (nSPS) is 11.0. The Bertz CT molecular complexity index is 1010. The van der Waals surface area contributed by atoms with Gasteiger partial charge in [-0.05, 0) is 36.8 Å². The number of aryl methyl sites for hydroxylation is 1. The largest absolute Gasteiger partial charge is 0.460 e. The van der Waals surface area contributed by atoms with Crippen molar-refractivity contribution >= 4 is 33.7 Å². The molecule has 0 aliphatic carbocycles. The molecule has 0 unspecified atom stereocenters. The summed E-state index contributed by atoms with van der Waals surface area (Å²) in [5, 5.41) is 19.0. The van der Waals surface area contributed by atoms with Gasteiger partial charge in [0.15, 0.2) is 0 Å². The van der Waals surface area contributed by atoms with E-state index in [0.29, 0.717) is 11.5 Å². The molecular formula is C17H14BrN5O4. The first kappa shape index (κ1) is 18.5. The van der Waals surface area contributed by atoms with E-state index in [1.165, 1.54) is 17.1 Å². The minimum atomic E-state index is -0.782. The standard InChI is InChI=1S/C17H14BrN5O4/c1-11-2-7-14(27-11)8-19-20-17(24)16-15(23(25)26)10-22(21-16)9-12-3-5-13(18)6-4-12/h2-8,10H,9H2,1H3,(H,20,24). The Morgan fingerprint density at radius 3 is 2.74 bits per heavy atom. The van der Waals surface area contributed by atoms with E-state index >= 15 is 0 Å². The van der Waals surface area contributed by atoms with E-state index in [-0.39, 0.29) is 12.2 Å². The van der Waals surface area contributed by atoms with Gasteiger partial charge in [0.05, 0.1) is 17.7 Å². The number of nitrogens with one attached hydrogen (secondary N) is 1. The molecule has 0 aliphatic heterocycles. The number of nitrogens with zero attached hydrogens (tertiary/aromatic N) is 4. The van der Waals surface area contributed by atoms with Gasteiger partial charge in [0.2, 0.25) is 5.69 Å². The molecule has 1 aromatic carbocycles. The lowest BCUT2D eigenvalue weighted by atomic mass is 10.2. The third-order valence-electron chi connectivity index (χ3n) is 3.53. The summed E-state index contributed by atoms with van der Waals surface area (Å²) in [7, 11) is 0. The van der Waals surface area contributed by atoms with Crippen molar-refractivity contribution in [3.8, 4) is 0 Å². The van der Waals surface area contributed by atoms with Gasteiger partial charge < -0.3 is 4.42 Å². The highest BCUT2D eigenvalue weighted by molar-refractivity contribution is 9.10. The third-order valence-corrected chi connectivity index (χ3v) is 4.06. The molecule has 0 radical (unpaired) electrons. The Hall–Kier alpha value is -3.27. The summed E-state index contributed by atoms with van der Waals surface area (Å²) in [5.74, 6) is 0.365. The van der Waals surface area contributed by atoms with Crippen molar-refractivity contribution in [1.82, 2.24) is 15.2 Å². The smallest absolute Gasteiger partial charge is 0.320 e. The number of halogens is 1. The van der Waals surface area contributed by atoms with Crippen molar-refractivity contribution in [2.45, 2.75) is 13.5 Å². The number of hydrazone groups is 1. The van der Waals surface area contributed by atoms with E-state index in [0.717, 1.165) is 10.0 Å². The second-order valence-corrected chi connectivity index (χ2v) is 6.51. The summed E-state index contributed by atoms with van der Waals surface area (Å²) in [4.78, 5) is 22.8. The van der Waals surface area contributed by atoms with Gasteiger partial charge in [-0.25, -0.2) is 5.43 Å². The molecule has 27 heavy (non-hydrogen) atoms. The van der Waals surface area contributed by atoms with Crippen molar-refractivity contribution in [3.05, 3.63) is 80.0 Å². The van der Waals surface area contributed by atoms with E-state index < -0.39 is 16.5 Å². The summed E-state index contributed by atoms with van der Waals surface area (Å²) in [6.07, 6.45) is 2.52. The summed E-state index contributed by atoms with van der Waals surface area (Å²) in [6.45, 7) is 2.06. The molecule has 0 spiro atoms. The average molecular weight is 432 g/mol. The predicted octanol–water partition coefficient (Wildman–Crippen LogP) is 3.27. The number of carbonyl (C=O) groups excluding carboxylic acids is 1. The molecule has 3 aromatic rings. The highest BCUT2D eigenvalue weighted by atomic mass is 79.9. The maximum Gasteiger partial charge on any atom is 0.320 e. The molecule has 2 aromatic heterocycles. The maximum absolute atomic E-state index is 12.2. The van der Waals surface area contributed by atoms with Crippen LogP contribution in [0.4, 0.5) is 5.69 Å². The van der Waals surface area contributed by atoms with Crippen LogP contribution in [-0.4, -0.2) is 26.8 Å². The van der Waals surface area contributed by atoms with Gasteiger partial charge in [0.1, 0.15) is 17.7 Å². The van der Waals surface area contributed by atoms with Gasteiger partial charge in [0.25, 0.3) is 5.91 Å². The quantitative estimate of drug-likeness (QED) is 0.365. The van der Waals surface area contributed by atoms with Gasteiger partial charge >= 0.3 is 5.69 Å². The zero-order valence-corrected chi connectivity index (χ0v) is 15.7. The Labute approximate surface area is 162 Å². The van der Waals surface area contributed by atoms with Crippen molar-refractivity contribution in [2.75, 3.05) is 0 Å². The molecule has 0 atom stereocenters. The zero-order valence-electron chi connectivity index (χ0n) is 14.1. The predicted molar refractivity (Wildman–Crippen MR) is 101 cm³/mol. The molecule has 0 saturated carbocycles. The van der Waals surface area contributed by atoms with Crippen molar-refractivity contribution in [2.24, 2.45) is 5.10 Å². The molecule has 0 fully saturated rings. The van der Waals surface area contributed by atoms with Crippen LogP contribution in [0.2, 0.25) is 0 Å². The van der Waals surface area contributed by atoms with Crippen LogP contribution in [0.15, 0.2) is 56.6 Å². The van der Waals surface area contributed by atoms with E-state index in [1.54, 1.807) is 19.1 Å². The van der Waals surface area contributed by atoms with Gasteiger partial charge in [0, 0.05) is 4.47 Å². The topological polar surface area (TPSA) is 116 Å². The number of furan rings is 1. The fourth-order valence-electron chi connectivity index (χ4n) is 2.29. The molecule has 0 saturated heterocycles. The summed E-state index contributed by atoms with van der Waals surface area (Å²) in [5.41, 5.74) is 2.39. The fraction of sp³-hybridized carbons (Fsp3) is 0.118. The Balaban J connectivity index is 1.75. The molecular weight excluding hydrogens is 418 g/mol. The summed E-state index contributed by atoms with van der Waals surface area (Å²) < 4.78 is 7.54. The molecule has 1 amide bonds. The third kappa shape index (κ3) is 4.67. The molecule has 2 heterocycles. The molecule has 9 nitrogen and oxygen atoms in total. The number of rotatable bonds is 6. The Morgan fingerprint density at radius 2 is 2.11 bits per heavy atom. The minimum Gasteiger partial charge on any atom is -0.460 e. The first-order valence-electron chi connectivity index (χ1n) is 7.78. The van der Waals surface area contributed by atoms with Crippen LogP contribution < -0.4 is 5.43 Å². The molecule has 138 valence electrons. The van der Waals surface area contributed by atoms with E-state index in [4.69, 9.17) is 4.42 Å². The van der Waals surface area contributed by atoms with Crippen LogP contribution in [0.1, 0.15) is 27.6 Å². The van der Waals surface area contributed by atoms with Gasteiger partial charge in [-0.1, -0.05) is 28.1 Å². The molecule has 10 heteroatoms. The number of carbonyl (C=O) groups is 1. The molecule has 0 aliphatic rings. The molecule has 1 N–H and O–H groups in total. The van der Waals surface area contributed by atoms with Crippen LogP contribution in [0, 0.1) is 17.0 Å². The summed E-state index contributed by atoms with van der Waals surface area (Å²) in [6, 6.07) is 10.8. The summed E-state index contributed by atoms with van der Waals surface area (Å²) >= 11 is 3.34. The second-order valence-electron chi connectivity index (χ2n) is 5.59. The molecule has 0 bridgehead atoms. The highest BCUT2D eigenvalue weighted by Crippen LogP contribution is 2.18. The molecule has 3 rings (SSSR count). The number of aromatic nitrogens is 2. The van der Waals surface area contributed by atoms with Gasteiger partial charge in [-0.3, -0.25) is 19.6 Å². The maximum atomic E-state index is 12.2. The van der Waals surface area contributed by atoms with Crippen LogP contribution in [0.25, 0.3) is 0 Å². The van der Waals surface area contributed by atoms with Gasteiger partial charge in [-0.2, -0.15) is 10.2 Å². The minimum absolute atomic E-state index is 0.288. The average Bonchev–Trinajstić information content (AvgIpc) is 3.23. The van der Waals surface area contributed by atoms with Gasteiger partial charge in [-0.15, -0.1) is 0 Å². The van der Waals surface area contributed by atoms with Crippen LogP contribution >= 0.6 is 15.9 Å². The lowest BCUT2D eigenvalue weighted by Crippen LogP contribution is -2.19. The first-order chi connectivity index (χ1) is 12.9. The highest BCUT2D eigenvalue weighted by Gasteiger charge is 2.25. The fourth-order valence-corrected chi connectivity index (χ4v) is 2.56. The second kappa shape index (κ2) is 7.96. The first-order valence-corrected chi connectivity index (χ1v) is 8.58. The number of nitro groups is 1. The van der Waals surface area contributed by atoms with E-state index in [1.807, 2.05) is 24.3 Å². The lowest BCUT2D eigenvalue weighted by Gasteiger charge is -2.01. The Morgan fingerprint density at radius 1 is 1.37 bits per heavy atom. The zero-order chi connectivity index (χ0) is 19.4. The number of amides is 1. The van der Waals surface area contributed by atoms with Crippen molar-refractivity contribution < 1.29 is 14.1 Å². The number of benzene rings is 1. The van der Waals surface area contributed by atoms with Crippen LogP contribution in [-0.2, 0) is 6.54 Å². The lowest BCUT2D eigenvalue weighted by molar-refractivity contribution is -0.385. The van der Waals surface area contributed by atoms with Crippen LogP contribution in [0.5, 0.6) is 0 Å². The van der Waals surface area contributed by atoms with E-state index in [2.05, 4.69) is 31.6 Å². The number of hydrogen-bond donors (Lipinski definition) is 1. The Kier molecular flexibility index (Phi) is 5.46. The van der Waals surface area contributed by atoms with Crippen molar-refractivity contribution in [3.63, 3.8) is 0 Å². The monoisotopic (exact) mass is 431 g/mol. The number of hydrogen-bond acceptors (Lipinski definition) is 6.